The Bertz CT molecular complexity index is 695. The van der Waals surface area contributed by atoms with Crippen LogP contribution in [0.15, 0.2) is 41.5 Å². The molecule has 0 fully saturated rings. The Kier molecular flexibility index (Phi) is 4.39. The Morgan fingerprint density at radius 3 is 3.00 bits per heavy atom. The van der Waals surface area contributed by atoms with E-state index in [2.05, 4.69) is 15.5 Å². The van der Waals surface area contributed by atoms with E-state index in [4.69, 9.17) is 16.3 Å². The fourth-order valence-electron chi connectivity index (χ4n) is 2.01. The zero-order valence-electron chi connectivity index (χ0n) is 11.7. The van der Waals surface area contributed by atoms with Gasteiger partial charge in [-0.15, -0.1) is 0 Å². The number of nitrogens with one attached hydrogen (secondary N) is 1. The first-order chi connectivity index (χ1) is 10.7. The smallest absolute Gasteiger partial charge is 0.215 e. The fraction of sp³-hybridized carbons (Fsp3) is 0.200. The minimum Gasteiger partial charge on any atom is -0.473 e. The van der Waals surface area contributed by atoms with Crippen molar-refractivity contribution in [3.05, 3.63) is 52.8 Å². The number of nitrogens with zero attached hydrogens (tertiary/aromatic N) is 3. The molecule has 5 nitrogen and oxygen atoms in total. The molecule has 1 aliphatic heterocycles. The van der Waals surface area contributed by atoms with E-state index in [0.717, 1.165) is 18.9 Å². The van der Waals surface area contributed by atoms with E-state index < -0.39 is 5.82 Å². The molecule has 0 unspecified atom stereocenters. The number of rotatable bonds is 4. The molecule has 1 aromatic carbocycles. The molecule has 7 heteroatoms. The Morgan fingerprint density at radius 1 is 1.32 bits per heavy atom. The molecule has 1 aromatic heterocycles. The first kappa shape index (κ1) is 14.6. The summed E-state index contributed by atoms with van der Waals surface area (Å²) in [7, 11) is 0. The summed E-state index contributed by atoms with van der Waals surface area (Å²) >= 11 is 5.72. The van der Waals surface area contributed by atoms with Crippen molar-refractivity contribution in [3.8, 4) is 5.88 Å². The molecule has 1 N–H and O–H groups in total. The van der Waals surface area contributed by atoms with Gasteiger partial charge in [0.25, 0.3) is 0 Å². The topological polar surface area (TPSA) is 49.8 Å². The van der Waals surface area contributed by atoms with Gasteiger partial charge in [-0.05, 0) is 18.2 Å². The third kappa shape index (κ3) is 3.46. The number of halogens is 2. The molecule has 0 radical (unpaired) electrons. The van der Waals surface area contributed by atoms with Crippen LogP contribution in [0.4, 0.5) is 10.2 Å². The molecule has 1 aliphatic rings. The number of anilines is 1. The molecule has 0 spiro atoms. The van der Waals surface area contributed by atoms with Gasteiger partial charge in [-0.3, -0.25) is 0 Å². The SMILES string of the molecule is Fc1cc(Cl)ccc1COc1cccc(N2C=NNCC2)n1. The molecule has 0 atom stereocenters. The second kappa shape index (κ2) is 6.62. The highest BCUT2D eigenvalue weighted by molar-refractivity contribution is 6.30. The van der Waals surface area contributed by atoms with Crippen molar-refractivity contribution >= 4 is 23.8 Å². The summed E-state index contributed by atoms with van der Waals surface area (Å²) < 4.78 is 19.3. The molecule has 0 saturated heterocycles. The molecular formula is C15H14ClFN4O. The average molecular weight is 321 g/mol. The lowest BCUT2D eigenvalue weighted by Crippen LogP contribution is -2.35. The predicted octanol–water partition coefficient (Wildman–Crippen LogP) is 2.81. The summed E-state index contributed by atoms with van der Waals surface area (Å²) in [5.41, 5.74) is 3.30. The van der Waals surface area contributed by atoms with E-state index in [0.29, 0.717) is 16.5 Å². The molecule has 2 heterocycles. The lowest BCUT2D eigenvalue weighted by atomic mass is 10.2. The monoisotopic (exact) mass is 320 g/mol. The standard InChI is InChI=1S/C15H14ClFN4O/c16-12-5-4-11(13(17)8-12)9-22-15-3-1-2-14(20-15)21-7-6-18-19-10-21/h1-5,8,10,18H,6-7,9H2. The van der Waals surface area contributed by atoms with Crippen LogP contribution in [0.2, 0.25) is 5.02 Å². The number of aromatic nitrogens is 1. The van der Waals surface area contributed by atoms with Gasteiger partial charge in [0.15, 0.2) is 0 Å². The minimum atomic E-state index is -0.391. The van der Waals surface area contributed by atoms with Crippen molar-refractivity contribution in [2.75, 3.05) is 18.0 Å². The van der Waals surface area contributed by atoms with Crippen LogP contribution in [0, 0.1) is 5.82 Å². The Morgan fingerprint density at radius 2 is 2.23 bits per heavy atom. The molecule has 0 amide bonds. The molecular weight excluding hydrogens is 307 g/mol. The van der Waals surface area contributed by atoms with Crippen LogP contribution in [-0.4, -0.2) is 24.4 Å². The first-order valence-corrected chi connectivity index (χ1v) is 7.16. The summed E-state index contributed by atoms with van der Waals surface area (Å²) in [6.45, 7) is 1.61. The van der Waals surface area contributed by atoms with E-state index in [9.17, 15) is 4.39 Å². The Labute approximate surface area is 132 Å². The average Bonchev–Trinajstić information content (AvgIpc) is 2.55. The van der Waals surface area contributed by atoms with Gasteiger partial charge in [0, 0.05) is 23.2 Å². The van der Waals surface area contributed by atoms with Gasteiger partial charge in [-0.25, -0.2) is 4.39 Å². The zero-order valence-corrected chi connectivity index (χ0v) is 12.4. The van der Waals surface area contributed by atoms with E-state index in [1.807, 2.05) is 17.0 Å². The lowest BCUT2D eigenvalue weighted by molar-refractivity contribution is 0.288. The van der Waals surface area contributed by atoms with Gasteiger partial charge in [-0.1, -0.05) is 23.7 Å². The second-order valence-electron chi connectivity index (χ2n) is 4.70. The van der Waals surface area contributed by atoms with E-state index in [1.165, 1.54) is 6.07 Å². The zero-order chi connectivity index (χ0) is 15.4. The van der Waals surface area contributed by atoms with Gasteiger partial charge in [0.2, 0.25) is 5.88 Å². The van der Waals surface area contributed by atoms with Crippen molar-refractivity contribution in [2.45, 2.75) is 6.61 Å². The van der Waals surface area contributed by atoms with Gasteiger partial charge >= 0.3 is 0 Å². The van der Waals surface area contributed by atoms with Gasteiger partial charge in [0.1, 0.15) is 24.6 Å². The first-order valence-electron chi connectivity index (χ1n) is 6.79. The van der Waals surface area contributed by atoms with Gasteiger partial charge < -0.3 is 15.1 Å². The third-order valence-corrected chi connectivity index (χ3v) is 3.38. The van der Waals surface area contributed by atoms with Crippen LogP contribution < -0.4 is 15.1 Å². The van der Waals surface area contributed by atoms with Crippen LogP contribution in [0.3, 0.4) is 0 Å². The number of benzene rings is 1. The second-order valence-corrected chi connectivity index (χ2v) is 5.14. The van der Waals surface area contributed by atoms with Crippen molar-refractivity contribution < 1.29 is 9.13 Å². The fourth-order valence-corrected chi connectivity index (χ4v) is 2.17. The minimum absolute atomic E-state index is 0.0924. The predicted molar refractivity (Wildman–Crippen MR) is 83.8 cm³/mol. The molecule has 0 bridgehead atoms. The largest absolute Gasteiger partial charge is 0.473 e. The van der Waals surface area contributed by atoms with E-state index in [-0.39, 0.29) is 6.61 Å². The summed E-state index contributed by atoms with van der Waals surface area (Å²) in [6.07, 6.45) is 1.68. The number of ether oxygens (including phenoxy) is 1. The highest BCUT2D eigenvalue weighted by atomic mass is 35.5. The molecule has 0 saturated carbocycles. The summed E-state index contributed by atoms with van der Waals surface area (Å²) in [5, 5.41) is 4.35. The van der Waals surface area contributed by atoms with Crippen molar-refractivity contribution in [3.63, 3.8) is 0 Å². The van der Waals surface area contributed by atoms with Crippen LogP contribution in [0.1, 0.15) is 5.56 Å². The van der Waals surface area contributed by atoms with Crippen LogP contribution in [-0.2, 0) is 6.61 Å². The van der Waals surface area contributed by atoms with Crippen LogP contribution in [0.25, 0.3) is 0 Å². The van der Waals surface area contributed by atoms with Crippen molar-refractivity contribution in [1.29, 1.82) is 0 Å². The van der Waals surface area contributed by atoms with Gasteiger partial charge in [-0.2, -0.15) is 10.1 Å². The third-order valence-electron chi connectivity index (χ3n) is 3.15. The quantitative estimate of drug-likeness (QED) is 0.941. The molecule has 2 aromatic rings. The lowest BCUT2D eigenvalue weighted by Gasteiger charge is -2.22. The van der Waals surface area contributed by atoms with Crippen LogP contribution >= 0.6 is 11.6 Å². The molecule has 22 heavy (non-hydrogen) atoms. The number of pyridine rings is 1. The highest BCUT2D eigenvalue weighted by Gasteiger charge is 2.10. The maximum atomic E-state index is 13.7. The maximum Gasteiger partial charge on any atom is 0.215 e. The van der Waals surface area contributed by atoms with Crippen molar-refractivity contribution in [2.24, 2.45) is 5.10 Å². The van der Waals surface area contributed by atoms with Crippen molar-refractivity contribution in [1.82, 2.24) is 10.4 Å². The molecule has 0 aliphatic carbocycles. The maximum absolute atomic E-state index is 13.7. The Hall–Kier alpha value is -2.34. The van der Waals surface area contributed by atoms with E-state index >= 15 is 0 Å². The summed E-state index contributed by atoms with van der Waals surface area (Å²) in [5.74, 6) is 0.774. The number of hydrazone groups is 1. The van der Waals surface area contributed by atoms with E-state index in [1.54, 1.807) is 24.5 Å². The van der Waals surface area contributed by atoms with Gasteiger partial charge in [0.05, 0.1) is 6.54 Å². The van der Waals surface area contributed by atoms with Crippen LogP contribution in [0.5, 0.6) is 5.88 Å². The summed E-state index contributed by atoms with van der Waals surface area (Å²) in [4.78, 5) is 6.30. The highest BCUT2D eigenvalue weighted by Crippen LogP contribution is 2.19. The number of hydrogen-bond donors (Lipinski definition) is 1. The molecule has 114 valence electrons. The number of hydrogen-bond acceptors (Lipinski definition) is 5. The normalized spacial score (nSPS) is 13.8. The molecule has 3 rings (SSSR count). The summed E-state index contributed by atoms with van der Waals surface area (Å²) in [6, 6.07) is 9.94. The Balaban J connectivity index is 1.70.